The molecular weight excluding hydrogens is 358 g/mol. The Kier molecular flexibility index (Phi) is 6.12. The molecule has 2 heterocycles. The van der Waals surface area contributed by atoms with E-state index in [4.69, 9.17) is 9.52 Å². The molecule has 3 rings (SSSR count). The van der Waals surface area contributed by atoms with Gasteiger partial charge in [0.1, 0.15) is 17.4 Å². The molecule has 144 valence electrons. The molecule has 1 fully saturated rings. The molecule has 0 radical (unpaired) electrons. The van der Waals surface area contributed by atoms with E-state index in [2.05, 4.69) is 10.2 Å². The lowest BCUT2D eigenvalue weighted by Crippen LogP contribution is -2.23. The van der Waals surface area contributed by atoms with Gasteiger partial charge in [0.05, 0.1) is 5.56 Å². The first-order chi connectivity index (χ1) is 13.6. The number of anilines is 2. The van der Waals surface area contributed by atoms with Crippen LogP contribution in [0.4, 0.5) is 11.6 Å². The lowest BCUT2D eigenvalue weighted by Gasteiger charge is -2.18. The number of carbonyl (C=O) groups is 2. The molecular formula is C21H21N3O4. The maximum absolute atomic E-state index is 12.4. The molecule has 1 aliphatic heterocycles. The summed E-state index contributed by atoms with van der Waals surface area (Å²) in [5.74, 6) is -0.563. The Morgan fingerprint density at radius 2 is 1.89 bits per heavy atom. The Hall–Kier alpha value is -3.53. The molecule has 1 aromatic carbocycles. The third kappa shape index (κ3) is 4.80. The average Bonchev–Trinajstić information content (AvgIpc) is 2.98. The minimum absolute atomic E-state index is 0.0495. The second kappa shape index (κ2) is 8.91. The third-order valence-corrected chi connectivity index (χ3v) is 4.55. The lowest BCUT2D eigenvalue weighted by molar-refractivity contribution is -0.112. The predicted octanol–water partition coefficient (Wildman–Crippen LogP) is 3.90. The number of carboxylic acid groups (broad SMARTS) is 1. The summed E-state index contributed by atoms with van der Waals surface area (Å²) in [7, 11) is 0. The first-order valence-electron chi connectivity index (χ1n) is 9.18. The molecule has 0 unspecified atom stereocenters. The van der Waals surface area contributed by atoms with E-state index >= 15 is 0 Å². The zero-order valence-corrected chi connectivity index (χ0v) is 15.4. The van der Waals surface area contributed by atoms with Crippen LogP contribution in [-0.2, 0) is 4.79 Å². The van der Waals surface area contributed by atoms with Gasteiger partial charge in [-0.05, 0) is 37.1 Å². The highest BCUT2D eigenvalue weighted by molar-refractivity contribution is 6.09. The van der Waals surface area contributed by atoms with Crippen molar-refractivity contribution in [3.63, 3.8) is 0 Å². The number of nitrogens with one attached hydrogen (secondary N) is 1. The molecule has 7 nitrogen and oxygen atoms in total. The van der Waals surface area contributed by atoms with E-state index in [9.17, 15) is 14.9 Å². The standard InChI is InChI=1S/C21H21N3O4/c22-14-16(20(25)23-17-7-5-6-15(12-17)21(26)27)13-18-8-9-19(28-18)24-10-3-1-2-4-11-24/h5-9,12-13H,1-4,10-11H2,(H,23,25)(H,26,27)/b16-13-. The highest BCUT2D eigenvalue weighted by Crippen LogP contribution is 2.23. The fraction of sp³-hybridized carbons (Fsp3) is 0.286. The van der Waals surface area contributed by atoms with E-state index in [0.717, 1.165) is 31.8 Å². The first kappa shape index (κ1) is 19.2. The van der Waals surface area contributed by atoms with E-state index in [0.29, 0.717) is 11.4 Å². The van der Waals surface area contributed by atoms with Gasteiger partial charge in [-0.2, -0.15) is 5.26 Å². The van der Waals surface area contributed by atoms with Crippen LogP contribution in [0.1, 0.15) is 41.8 Å². The van der Waals surface area contributed by atoms with Crippen molar-refractivity contribution >= 4 is 29.5 Å². The first-order valence-corrected chi connectivity index (χ1v) is 9.18. The number of benzene rings is 1. The van der Waals surface area contributed by atoms with Crippen LogP contribution in [0.25, 0.3) is 6.08 Å². The van der Waals surface area contributed by atoms with Gasteiger partial charge in [0.25, 0.3) is 5.91 Å². The normalized spacial score (nSPS) is 14.8. The lowest BCUT2D eigenvalue weighted by atomic mass is 10.2. The Balaban J connectivity index is 1.73. The molecule has 0 spiro atoms. The summed E-state index contributed by atoms with van der Waals surface area (Å²) < 4.78 is 5.80. The van der Waals surface area contributed by atoms with Crippen molar-refractivity contribution in [3.05, 3.63) is 53.3 Å². The number of furan rings is 1. The predicted molar refractivity (Wildman–Crippen MR) is 105 cm³/mol. The highest BCUT2D eigenvalue weighted by atomic mass is 16.4. The van der Waals surface area contributed by atoms with Crippen molar-refractivity contribution in [3.8, 4) is 6.07 Å². The average molecular weight is 379 g/mol. The number of aromatic carboxylic acids is 1. The number of rotatable bonds is 5. The number of carboxylic acids is 1. The largest absolute Gasteiger partial charge is 0.478 e. The van der Waals surface area contributed by atoms with E-state index in [1.54, 1.807) is 12.1 Å². The zero-order chi connectivity index (χ0) is 19.9. The summed E-state index contributed by atoms with van der Waals surface area (Å²) in [6.45, 7) is 1.87. The Morgan fingerprint density at radius 3 is 2.57 bits per heavy atom. The highest BCUT2D eigenvalue weighted by Gasteiger charge is 2.15. The summed E-state index contributed by atoms with van der Waals surface area (Å²) in [5.41, 5.74) is 0.224. The summed E-state index contributed by atoms with van der Waals surface area (Å²) in [5, 5.41) is 20.9. The molecule has 1 saturated heterocycles. The molecule has 1 aliphatic rings. The minimum atomic E-state index is -1.09. The molecule has 0 aliphatic carbocycles. The Labute approximate surface area is 162 Å². The quantitative estimate of drug-likeness (QED) is 0.603. The topological polar surface area (TPSA) is 107 Å². The third-order valence-electron chi connectivity index (χ3n) is 4.55. The SMILES string of the molecule is N#C/C(=C/c1ccc(N2CCCCCC2)o1)C(=O)Nc1cccc(C(=O)O)c1. The smallest absolute Gasteiger partial charge is 0.335 e. The van der Waals surface area contributed by atoms with Gasteiger partial charge in [-0.15, -0.1) is 0 Å². The number of nitriles is 1. The van der Waals surface area contributed by atoms with Crippen LogP contribution >= 0.6 is 0 Å². The van der Waals surface area contributed by atoms with Gasteiger partial charge in [-0.3, -0.25) is 4.79 Å². The molecule has 0 bridgehead atoms. The van der Waals surface area contributed by atoms with Gasteiger partial charge in [0, 0.05) is 30.9 Å². The van der Waals surface area contributed by atoms with Gasteiger partial charge in [-0.1, -0.05) is 18.9 Å². The maximum Gasteiger partial charge on any atom is 0.335 e. The van der Waals surface area contributed by atoms with E-state index in [-0.39, 0.29) is 11.1 Å². The van der Waals surface area contributed by atoms with Gasteiger partial charge < -0.3 is 19.7 Å². The summed E-state index contributed by atoms with van der Waals surface area (Å²) in [6, 6.07) is 11.3. The van der Waals surface area contributed by atoms with Crippen molar-refractivity contribution < 1.29 is 19.1 Å². The van der Waals surface area contributed by atoms with E-state index in [1.807, 2.05) is 12.1 Å². The number of nitrogens with zero attached hydrogens (tertiary/aromatic N) is 2. The molecule has 0 saturated carbocycles. The van der Waals surface area contributed by atoms with Crippen LogP contribution in [0.5, 0.6) is 0 Å². The summed E-state index contributed by atoms with van der Waals surface area (Å²) in [4.78, 5) is 25.6. The van der Waals surface area contributed by atoms with Crippen molar-refractivity contribution in [1.29, 1.82) is 5.26 Å². The molecule has 2 aromatic rings. The van der Waals surface area contributed by atoms with Crippen LogP contribution in [0.3, 0.4) is 0 Å². The van der Waals surface area contributed by atoms with E-state index < -0.39 is 11.9 Å². The van der Waals surface area contributed by atoms with Gasteiger partial charge in [0.2, 0.25) is 0 Å². The Morgan fingerprint density at radius 1 is 1.14 bits per heavy atom. The fourth-order valence-corrected chi connectivity index (χ4v) is 3.10. The Bertz CT molecular complexity index is 931. The number of amides is 1. The molecule has 28 heavy (non-hydrogen) atoms. The monoisotopic (exact) mass is 379 g/mol. The zero-order valence-electron chi connectivity index (χ0n) is 15.4. The van der Waals surface area contributed by atoms with Gasteiger partial charge in [-0.25, -0.2) is 4.79 Å². The number of carbonyl (C=O) groups excluding carboxylic acids is 1. The van der Waals surface area contributed by atoms with Crippen LogP contribution in [-0.4, -0.2) is 30.1 Å². The summed E-state index contributed by atoms with van der Waals surface area (Å²) >= 11 is 0. The van der Waals surface area contributed by atoms with Crippen molar-refractivity contribution in [1.82, 2.24) is 0 Å². The van der Waals surface area contributed by atoms with Crippen LogP contribution in [0.2, 0.25) is 0 Å². The minimum Gasteiger partial charge on any atom is -0.478 e. The van der Waals surface area contributed by atoms with Gasteiger partial charge in [0.15, 0.2) is 5.88 Å². The van der Waals surface area contributed by atoms with Crippen molar-refractivity contribution in [2.45, 2.75) is 25.7 Å². The molecule has 1 aromatic heterocycles. The van der Waals surface area contributed by atoms with Crippen LogP contribution in [0.15, 0.2) is 46.4 Å². The molecule has 7 heteroatoms. The summed E-state index contributed by atoms with van der Waals surface area (Å²) in [6.07, 6.45) is 6.05. The van der Waals surface area contributed by atoms with Gasteiger partial charge >= 0.3 is 5.97 Å². The maximum atomic E-state index is 12.4. The molecule has 2 N–H and O–H groups in total. The number of hydrogen-bond donors (Lipinski definition) is 2. The number of hydrogen-bond acceptors (Lipinski definition) is 5. The molecule has 0 atom stereocenters. The fourth-order valence-electron chi connectivity index (χ4n) is 3.10. The van der Waals surface area contributed by atoms with Crippen LogP contribution < -0.4 is 10.2 Å². The molecule has 1 amide bonds. The second-order valence-electron chi connectivity index (χ2n) is 6.59. The van der Waals surface area contributed by atoms with Crippen LogP contribution in [0, 0.1) is 11.3 Å². The van der Waals surface area contributed by atoms with Crippen molar-refractivity contribution in [2.24, 2.45) is 0 Å². The van der Waals surface area contributed by atoms with Crippen molar-refractivity contribution in [2.75, 3.05) is 23.3 Å². The second-order valence-corrected chi connectivity index (χ2v) is 6.59. The van der Waals surface area contributed by atoms with E-state index in [1.165, 1.54) is 37.1 Å².